The first-order valence-corrected chi connectivity index (χ1v) is 5.85. The van der Waals surface area contributed by atoms with Crippen LogP contribution in [-0.4, -0.2) is 9.55 Å². The van der Waals surface area contributed by atoms with Crippen LogP contribution in [0.4, 0.5) is 0 Å². The van der Waals surface area contributed by atoms with E-state index < -0.39 is 0 Å². The first-order valence-electron chi connectivity index (χ1n) is 5.85. The molecule has 2 unspecified atom stereocenters. The molecule has 0 amide bonds. The molecule has 0 aliphatic carbocycles. The third-order valence-electron chi connectivity index (χ3n) is 2.94. The van der Waals surface area contributed by atoms with Gasteiger partial charge in [-0.05, 0) is 19.3 Å². The van der Waals surface area contributed by atoms with Crippen molar-refractivity contribution in [2.45, 2.75) is 52.6 Å². The third-order valence-corrected chi connectivity index (χ3v) is 2.94. The summed E-state index contributed by atoms with van der Waals surface area (Å²) in [5.41, 5.74) is 7.31. The van der Waals surface area contributed by atoms with E-state index >= 15 is 0 Å². The Bertz CT molecular complexity index is 291. The molecule has 3 heteroatoms. The fraction of sp³-hybridized carbons (Fsp3) is 0.750. The Hall–Kier alpha value is -0.830. The Morgan fingerprint density at radius 2 is 2.07 bits per heavy atom. The molecule has 0 saturated heterocycles. The molecule has 1 rings (SSSR count). The van der Waals surface area contributed by atoms with Crippen LogP contribution in [0, 0.1) is 5.92 Å². The summed E-state index contributed by atoms with van der Waals surface area (Å²) in [6.07, 6.45) is 6.17. The number of aromatic nitrogens is 2. The molecule has 0 radical (unpaired) electrons. The van der Waals surface area contributed by atoms with Gasteiger partial charge in [-0.25, -0.2) is 4.98 Å². The normalized spacial score (nSPS) is 15.6. The van der Waals surface area contributed by atoms with Gasteiger partial charge in [0, 0.05) is 18.3 Å². The van der Waals surface area contributed by atoms with E-state index in [1.54, 1.807) is 0 Å². The molecular weight excluding hydrogens is 186 g/mol. The van der Waals surface area contributed by atoms with E-state index in [0.29, 0.717) is 12.0 Å². The highest BCUT2D eigenvalue weighted by molar-refractivity contribution is 5.06. The average Bonchev–Trinajstić information content (AvgIpc) is 2.65. The number of nitrogens with zero attached hydrogens (tertiary/aromatic N) is 2. The van der Waals surface area contributed by atoms with Crippen LogP contribution in [-0.2, 0) is 0 Å². The van der Waals surface area contributed by atoms with Gasteiger partial charge >= 0.3 is 0 Å². The Kier molecular flexibility index (Phi) is 4.33. The van der Waals surface area contributed by atoms with E-state index in [0.717, 1.165) is 5.69 Å². The molecule has 0 aromatic carbocycles. The summed E-state index contributed by atoms with van der Waals surface area (Å²) in [6, 6.07) is 0.587. The van der Waals surface area contributed by atoms with Gasteiger partial charge in [-0.2, -0.15) is 0 Å². The lowest BCUT2D eigenvalue weighted by Crippen LogP contribution is -2.21. The first kappa shape index (κ1) is 12.2. The predicted molar refractivity (Wildman–Crippen MR) is 63.6 cm³/mol. The maximum Gasteiger partial charge on any atom is 0.0951 e. The minimum absolute atomic E-state index is 0.0896. The topological polar surface area (TPSA) is 43.8 Å². The van der Waals surface area contributed by atoms with Crippen LogP contribution in [0.15, 0.2) is 12.5 Å². The van der Waals surface area contributed by atoms with Crippen molar-refractivity contribution in [1.29, 1.82) is 0 Å². The lowest BCUT2D eigenvalue weighted by Gasteiger charge is -2.21. The summed E-state index contributed by atoms with van der Waals surface area (Å²) in [6.45, 7) is 8.72. The van der Waals surface area contributed by atoms with Crippen molar-refractivity contribution >= 4 is 0 Å². The predicted octanol–water partition coefficient (Wildman–Crippen LogP) is 2.90. The fourth-order valence-corrected chi connectivity index (χ4v) is 1.84. The van der Waals surface area contributed by atoms with Gasteiger partial charge in [0.1, 0.15) is 0 Å². The van der Waals surface area contributed by atoms with Crippen molar-refractivity contribution < 1.29 is 0 Å². The van der Waals surface area contributed by atoms with Crippen molar-refractivity contribution in [3.05, 3.63) is 18.2 Å². The molecule has 0 bridgehead atoms. The molecule has 1 aromatic rings. The number of hydrogen-bond acceptors (Lipinski definition) is 2. The van der Waals surface area contributed by atoms with Crippen LogP contribution in [0.25, 0.3) is 0 Å². The monoisotopic (exact) mass is 209 g/mol. The van der Waals surface area contributed by atoms with Crippen molar-refractivity contribution in [2.75, 3.05) is 0 Å². The van der Waals surface area contributed by atoms with E-state index in [1.807, 2.05) is 12.5 Å². The molecule has 0 fully saturated rings. The van der Waals surface area contributed by atoms with Crippen LogP contribution >= 0.6 is 0 Å². The summed E-state index contributed by atoms with van der Waals surface area (Å²) in [7, 11) is 0. The van der Waals surface area contributed by atoms with Gasteiger partial charge in [0.15, 0.2) is 0 Å². The standard InChI is InChI=1S/C12H23N3/c1-5-6-10(4)15-8-14-7-11(15)12(13)9(2)3/h7-10,12H,5-6,13H2,1-4H3. The largest absolute Gasteiger partial charge is 0.330 e. The fourth-order valence-electron chi connectivity index (χ4n) is 1.84. The minimum atomic E-state index is 0.0896. The van der Waals surface area contributed by atoms with E-state index in [4.69, 9.17) is 5.73 Å². The second-order valence-electron chi connectivity index (χ2n) is 4.63. The molecule has 2 N–H and O–H groups in total. The Balaban J connectivity index is 2.85. The maximum absolute atomic E-state index is 6.16. The number of hydrogen-bond donors (Lipinski definition) is 1. The van der Waals surface area contributed by atoms with E-state index in [9.17, 15) is 0 Å². The quantitative estimate of drug-likeness (QED) is 0.810. The van der Waals surface area contributed by atoms with Gasteiger partial charge in [-0.1, -0.05) is 27.2 Å². The third kappa shape index (κ3) is 2.81. The van der Waals surface area contributed by atoms with Gasteiger partial charge < -0.3 is 10.3 Å². The second kappa shape index (κ2) is 5.31. The molecule has 3 nitrogen and oxygen atoms in total. The summed E-state index contributed by atoms with van der Waals surface area (Å²) in [5, 5.41) is 0. The molecule has 0 aliphatic rings. The average molecular weight is 209 g/mol. The van der Waals surface area contributed by atoms with E-state index in [1.165, 1.54) is 12.8 Å². The summed E-state index contributed by atoms with van der Waals surface area (Å²) < 4.78 is 2.22. The zero-order chi connectivity index (χ0) is 11.4. The van der Waals surface area contributed by atoms with Gasteiger partial charge in [0.2, 0.25) is 0 Å². The molecule has 0 aliphatic heterocycles. The molecule has 0 spiro atoms. The van der Waals surface area contributed by atoms with E-state index in [-0.39, 0.29) is 6.04 Å². The first-order chi connectivity index (χ1) is 7.07. The van der Waals surface area contributed by atoms with Gasteiger partial charge in [-0.15, -0.1) is 0 Å². The smallest absolute Gasteiger partial charge is 0.0951 e. The minimum Gasteiger partial charge on any atom is -0.330 e. The van der Waals surface area contributed by atoms with Crippen molar-refractivity contribution in [3.63, 3.8) is 0 Å². The molecule has 86 valence electrons. The molecule has 2 atom stereocenters. The lowest BCUT2D eigenvalue weighted by atomic mass is 10.0. The molecule has 0 saturated carbocycles. The summed E-state index contributed by atoms with van der Waals surface area (Å²) >= 11 is 0. The highest BCUT2D eigenvalue weighted by Crippen LogP contribution is 2.23. The molecule has 15 heavy (non-hydrogen) atoms. The lowest BCUT2D eigenvalue weighted by molar-refractivity contribution is 0.431. The number of nitrogens with two attached hydrogens (primary N) is 1. The zero-order valence-electron chi connectivity index (χ0n) is 10.3. The highest BCUT2D eigenvalue weighted by atomic mass is 15.1. The van der Waals surface area contributed by atoms with Crippen LogP contribution < -0.4 is 5.73 Å². The maximum atomic E-state index is 6.16. The van der Waals surface area contributed by atoms with Gasteiger partial charge in [0.25, 0.3) is 0 Å². The second-order valence-corrected chi connectivity index (χ2v) is 4.63. The molecular formula is C12H23N3. The Morgan fingerprint density at radius 3 is 2.60 bits per heavy atom. The van der Waals surface area contributed by atoms with Crippen LogP contribution in [0.3, 0.4) is 0 Å². The van der Waals surface area contributed by atoms with Gasteiger partial charge in [-0.3, -0.25) is 0 Å². The molecule has 1 aromatic heterocycles. The molecule has 1 heterocycles. The number of imidazole rings is 1. The summed E-state index contributed by atoms with van der Waals surface area (Å²) in [4.78, 5) is 4.21. The van der Waals surface area contributed by atoms with Gasteiger partial charge in [0.05, 0.1) is 12.0 Å². The zero-order valence-corrected chi connectivity index (χ0v) is 10.3. The van der Waals surface area contributed by atoms with Crippen molar-refractivity contribution in [3.8, 4) is 0 Å². The number of rotatable bonds is 5. The Morgan fingerprint density at radius 1 is 1.40 bits per heavy atom. The van der Waals surface area contributed by atoms with Crippen LogP contribution in [0.2, 0.25) is 0 Å². The Labute approximate surface area is 92.7 Å². The summed E-state index contributed by atoms with van der Waals surface area (Å²) in [5.74, 6) is 0.453. The van der Waals surface area contributed by atoms with Crippen LogP contribution in [0.1, 0.15) is 58.3 Å². The van der Waals surface area contributed by atoms with Crippen molar-refractivity contribution in [2.24, 2.45) is 11.7 Å². The SMILES string of the molecule is CCCC(C)n1cncc1C(N)C(C)C. The van der Waals surface area contributed by atoms with Crippen LogP contribution in [0.5, 0.6) is 0 Å². The van der Waals surface area contributed by atoms with E-state index in [2.05, 4.69) is 37.2 Å². The van der Waals surface area contributed by atoms with Crippen molar-refractivity contribution in [1.82, 2.24) is 9.55 Å². The highest BCUT2D eigenvalue weighted by Gasteiger charge is 2.17.